The lowest BCUT2D eigenvalue weighted by molar-refractivity contribution is -0.141. The Morgan fingerprint density at radius 1 is 1.35 bits per heavy atom. The molecule has 0 amide bonds. The number of nitrogens with zero attached hydrogens (tertiary/aromatic N) is 2. The van der Waals surface area contributed by atoms with E-state index in [1.54, 1.807) is 0 Å². The lowest BCUT2D eigenvalue weighted by Crippen LogP contribution is -2.38. The first-order valence-electron chi connectivity index (χ1n) is 7.03. The van der Waals surface area contributed by atoms with Crippen LogP contribution >= 0.6 is 0 Å². The molecule has 3 atom stereocenters. The number of nitrogens with one attached hydrogen (secondary N) is 1. The molecule has 0 bridgehead atoms. The van der Waals surface area contributed by atoms with Crippen molar-refractivity contribution < 1.29 is 13.2 Å². The van der Waals surface area contributed by atoms with Crippen LogP contribution in [0, 0.1) is 11.8 Å². The lowest BCUT2D eigenvalue weighted by atomic mass is 9.78. The van der Waals surface area contributed by atoms with Gasteiger partial charge in [0.25, 0.3) is 0 Å². The van der Waals surface area contributed by atoms with Crippen LogP contribution in [0.5, 0.6) is 0 Å². The molecule has 2 heterocycles. The molecule has 1 aromatic heterocycles. The van der Waals surface area contributed by atoms with E-state index in [0.29, 0.717) is 24.1 Å². The van der Waals surface area contributed by atoms with Crippen molar-refractivity contribution in [1.82, 2.24) is 15.1 Å². The van der Waals surface area contributed by atoms with E-state index in [4.69, 9.17) is 5.73 Å². The first kappa shape index (κ1) is 13.9. The van der Waals surface area contributed by atoms with Crippen molar-refractivity contribution >= 4 is 0 Å². The second-order valence-electron chi connectivity index (χ2n) is 5.99. The van der Waals surface area contributed by atoms with Crippen LogP contribution in [0.15, 0.2) is 6.07 Å². The second kappa shape index (κ2) is 5.04. The Kier molecular flexibility index (Phi) is 3.50. The summed E-state index contributed by atoms with van der Waals surface area (Å²) in [4.78, 5) is 2.19. The predicted octanol–water partition coefficient (Wildman–Crippen LogP) is 1.99. The van der Waals surface area contributed by atoms with Gasteiger partial charge in [-0.05, 0) is 30.7 Å². The van der Waals surface area contributed by atoms with Crippen molar-refractivity contribution in [3.05, 3.63) is 17.5 Å². The third-order valence-electron chi connectivity index (χ3n) is 4.54. The van der Waals surface area contributed by atoms with Crippen LogP contribution in [-0.2, 0) is 12.7 Å². The summed E-state index contributed by atoms with van der Waals surface area (Å²) in [6.07, 6.45) is -0.961. The fourth-order valence-corrected chi connectivity index (χ4v) is 3.57. The molecule has 0 spiro atoms. The number of aromatic amines is 1. The number of fused-ring (bicyclic) bond motifs is 1. The molecule has 4 nitrogen and oxygen atoms in total. The lowest BCUT2D eigenvalue weighted by Gasteiger charge is -2.29. The molecule has 7 heteroatoms. The molecule has 3 N–H and O–H groups in total. The molecule has 1 aliphatic carbocycles. The monoisotopic (exact) mass is 288 g/mol. The summed E-state index contributed by atoms with van der Waals surface area (Å²) in [5.41, 5.74) is 5.81. The van der Waals surface area contributed by atoms with Gasteiger partial charge in [0.2, 0.25) is 0 Å². The highest BCUT2D eigenvalue weighted by atomic mass is 19.4. The average molecular weight is 288 g/mol. The maximum atomic E-state index is 12.5. The Hall–Kier alpha value is -1.08. The molecule has 3 rings (SSSR count). The van der Waals surface area contributed by atoms with E-state index < -0.39 is 11.9 Å². The van der Waals surface area contributed by atoms with Crippen molar-refractivity contribution in [1.29, 1.82) is 0 Å². The van der Waals surface area contributed by atoms with E-state index in [-0.39, 0.29) is 6.04 Å². The van der Waals surface area contributed by atoms with Gasteiger partial charge in [0.05, 0.1) is 0 Å². The molecule has 0 radical (unpaired) electrons. The van der Waals surface area contributed by atoms with Crippen molar-refractivity contribution in [3.8, 4) is 0 Å². The number of halogens is 3. The number of nitrogens with two attached hydrogens (primary N) is 1. The van der Waals surface area contributed by atoms with Gasteiger partial charge in [0.15, 0.2) is 5.69 Å². The molecule has 1 saturated carbocycles. The molecule has 2 fully saturated rings. The summed E-state index contributed by atoms with van der Waals surface area (Å²) in [5, 5.41) is 5.82. The fourth-order valence-electron chi connectivity index (χ4n) is 3.57. The van der Waals surface area contributed by atoms with Crippen LogP contribution < -0.4 is 5.73 Å². The number of hydrogen-bond donors (Lipinski definition) is 2. The highest BCUT2D eigenvalue weighted by Crippen LogP contribution is 2.36. The van der Waals surface area contributed by atoms with Crippen LogP contribution in [0.25, 0.3) is 0 Å². The Morgan fingerprint density at radius 3 is 2.80 bits per heavy atom. The summed E-state index contributed by atoms with van der Waals surface area (Å²) in [6, 6.07) is 1.34. The fraction of sp³-hybridized carbons (Fsp3) is 0.769. The molecular weight excluding hydrogens is 269 g/mol. The third kappa shape index (κ3) is 2.69. The highest BCUT2D eigenvalue weighted by Gasteiger charge is 2.39. The normalized spacial score (nSPS) is 31.5. The quantitative estimate of drug-likeness (QED) is 0.875. The highest BCUT2D eigenvalue weighted by molar-refractivity contribution is 5.12. The van der Waals surface area contributed by atoms with Crippen LogP contribution in [0.1, 0.15) is 30.7 Å². The van der Waals surface area contributed by atoms with Gasteiger partial charge < -0.3 is 5.73 Å². The Labute approximate surface area is 115 Å². The molecule has 1 saturated heterocycles. The van der Waals surface area contributed by atoms with Gasteiger partial charge in [-0.2, -0.15) is 18.3 Å². The van der Waals surface area contributed by atoms with Gasteiger partial charge in [-0.3, -0.25) is 10.00 Å². The molecule has 3 unspecified atom stereocenters. The smallest absolute Gasteiger partial charge is 0.327 e. The number of hydrogen-bond acceptors (Lipinski definition) is 3. The predicted molar refractivity (Wildman–Crippen MR) is 67.7 cm³/mol. The number of rotatable bonds is 2. The number of aromatic nitrogens is 2. The summed E-state index contributed by atoms with van der Waals surface area (Å²) in [7, 11) is 0. The van der Waals surface area contributed by atoms with Crippen molar-refractivity contribution in [3.63, 3.8) is 0 Å². The van der Waals surface area contributed by atoms with Gasteiger partial charge in [0.1, 0.15) is 0 Å². The molecule has 112 valence electrons. The van der Waals surface area contributed by atoms with E-state index in [2.05, 4.69) is 15.1 Å². The van der Waals surface area contributed by atoms with Crippen molar-refractivity contribution in [2.45, 2.75) is 38.0 Å². The van der Waals surface area contributed by atoms with E-state index in [1.807, 2.05) is 0 Å². The average Bonchev–Trinajstić information content (AvgIpc) is 2.96. The summed E-state index contributed by atoms with van der Waals surface area (Å²) in [5.74, 6) is 1.09. The topological polar surface area (TPSA) is 57.9 Å². The summed E-state index contributed by atoms with van der Waals surface area (Å²) in [6.45, 7) is 2.30. The molecule has 0 aromatic carbocycles. The van der Waals surface area contributed by atoms with Gasteiger partial charge in [-0.1, -0.05) is 6.42 Å². The zero-order valence-corrected chi connectivity index (χ0v) is 11.2. The van der Waals surface area contributed by atoms with Crippen LogP contribution in [0.3, 0.4) is 0 Å². The van der Waals surface area contributed by atoms with Crippen LogP contribution in [-0.4, -0.2) is 34.2 Å². The SMILES string of the molecule is NC1CCCC2CN(Cc3cc(C(F)(F)F)n[nH]3)CC12. The Balaban J connectivity index is 1.63. The number of H-pyrrole nitrogens is 1. The largest absolute Gasteiger partial charge is 0.435 e. The van der Waals surface area contributed by atoms with Gasteiger partial charge in [-0.25, -0.2) is 0 Å². The van der Waals surface area contributed by atoms with Crippen LogP contribution in [0.4, 0.5) is 13.2 Å². The van der Waals surface area contributed by atoms with E-state index in [1.165, 1.54) is 12.8 Å². The van der Waals surface area contributed by atoms with Gasteiger partial charge >= 0.3 is 6.18 Å². The van der Waals surface area contributed by atoms with Crippen molar-refractivity contribution in [2.75, 3.05) is 13.1 Å². The number of alkyl halides is 3. The minimum atomic E-state index is -4.38. The minimum absolute atomic E-state index is 0.242. The van der Waals surface area contributed by atoms with Crippen LogP contribution in [0.2, 0.25) is 0 Å². The molecule has 1 aliphatic heterocycles. The molecule has 20 heavy (non-hydrogen) atoms. The standard InChI is InChI=1S/C13H19F3N4/c14-13(15,16)12-4-9(18-19-12)6-20-5-8-2-1-3-11(17)10(8)7-20/h4,8,10-11H,1-3,5-7,17H2,(H,18,19). The summed E-state index contributed by atoms with van der Waals surface area (Å²) < 4.78 is 37.5. The maximum absolute atomic E-state index is 12.5. The summed E-state index contributed by atoms with van der Waals surface area (Å²) >= 11 is 0. The third-order valence-corrected chi connectivity index (χ3v) is 4.54. The maximum Gasteiger partial charge on any atom is 0.435 e. The van der Waals surface area contributed by atoms with E-state index in [9.17, 15) is 13.2 Å². The van der Waals surface area contributed by atoms with Crippen molar-refractivity contribution in [2.24, 2.45) is 17.6 Å². The molecule has 1 aromatic rings. The number of likely N-dealkylation sites (tertiary alicyclic amines) is 1. The molecular formula is C13H19F3N4. The second-order valence-corrected chi connectivity index (χ2v) is 5.99. The Bertz CT molecular complexity index is 470. The molecule has 2 aliphatic rings. The zero-order chi connectivity index (χ0) is 14.3. The first-order chi connectivity index (χ1) is 9.43. The first-order valence-corrected chi connectivity index (χ1v) is 7.03. The zero-order valence-electron chi connectivity index (χ0n) is 11.2. The Morgan fingerprint density at radius 2 is 2.15 bits per heavy atom. The van der Waals surface area contributed by atoms with Gasteiger partial charge in [0, 0.05) is 31.4 Å². The van der Waals surface area contributed by atoms with E-state index in [0.717, 1.165) is 25.6 Å². The minimum Gasteiger partial charge on any atom is -0.327 e. The van der Waals surface area contributed by atoms with Gasteiger partial charge in [-0.15, -0.1) is 0 Å². The van der Waals surface area contributed by atoms with E-state index >= 15 is 0 Å².